The number of rotatable bonds is 6. The first kappa shape index (κ1) is 20.9. The van der Waals surface area contributed by atoms with E-state index < -0.39 is 6.04 Å². The van der Waals surface area contributed by atoms with E-state index in [0.717, 1.165) is 16.7 Å². The Morgan fingerprint density at radius 1 is 0.742 bits per heavy atom. The van der Waals surface area contributed by atoms with Gasteiger partial charge in [0.15, 0.2) is 0 Å². The molecular formula is C27H28N2O2. The van der Waals surface area contributed by atoms with Crippen molar-refractivity contribution in [2.75, 3.05) is 6.54 Å². The van der Waals surface area contributed by atoms with Crippen molar-refractivity contribution in [1.82, 2.24) is 9.80 Å². The molecule has 1 aliphatic rings. The Kier molecular flexibility index (Phi) is 6.17. The van der Waals surface area contributed by atoms with Gasteiger partial charge in [-0.15, -0.1) is 0 Å². The summed E-state index contributed by atoms with van der Waals surface area (Å²) in [4.78, 5) is 30.7. The summed E-state index contributed by atoms with van der Waals surface area (Å²) in [5, 5.41) is 0. The second kappa shape index (κ2) is 9.17. The monoisotopic (exact) mass is 412 g/mol. The topological polar surface area (TPSA) is 40.6 Å². The lowest BCUT2D eigenvalue weighted by Gasteiger charge is -2.45. The third-order valence-electron chi connectivity index (χ3n) is 6.22. The average Bonchev–Trinajstić information content (AvgIpc) is 2.82. The van der Waals surface area contributed by atoms with Gasteiger partial charge < -0.3 is 9.80 Å². The molecule has 4 heteroatoms. The summed E-state index contributed by atoms with van der Waals surface area (Å²) < 4.78 is 0. The van der Waals surface area contributed by atoms with Crippen molar-refractivity contribution >= 4 is 11.8 Å². The molecule has 1 fully saturated rings. The van der Waals surface area contributed by atoms with E-state index >= 15 is 0 Å². The minimum Gasteiger partial charge on any atom is -0.325 e. The number of hydrogen-bond acceptors (Lipinski definition) is 2. The molecule has 0 radical (unpaired) electrons. The molecule has 0 spiro atoms. The van der Waals surface area contributed by atoms with E-state index in [0.29, 0.717) is 6.42 Å². The summed E-state index contributed by atoms with van der Waals surface area (Å²) in [5.74, 6) is -0.0118. The number of carbonyl (C=O) groups is 2. The molecule has 3 aromatic carbocycles. The van der Waals surface area contributed by atoms with E-state index in [1.165, 1.54) is 0 Å². The molecule has 1 aliphatic heterocycles. The van der Waals surface area contributed by atoms with E-state index in [9.17, 15) is 9.59 Å². The minimum atomic E-state index is -0.537. The van der Waals surface area contributed by atoms with E-state index in [1.807, 2.05) is 105 Å². The molecule has 3 aromatic rings. The van der Waals surface area contributed by atoms with Gasteiger partial charge in [0.05, 0.1) is 12.1 Å². The molecule has 1 saturated heterocycles. The first-order valence-electron chi connectivity index (χ1n) is 10.8. The molecule has 1 heterocycles. The molecule has 0 saturated carbocycles. The summed E-state index contributed by atoms with van der Waals surface area (Å²) in [6.45, 7) is 4.10. The molecule has 0 bridgehead atoms. The lowest BCUT2D eigenvalue weighted by Crippen LogP contribution is -2.61. The van der Waals surface area contributed by atoms with Gasteiger partial charge in [0.1, 0.15) is 12.6 Å². The Labute approximate surface area is 184 Å². The number of piperazine rings is 1. The zero-order valence-electron chi connectivity index (χ0n) is 18.0. The smallest absolute Gasteiger partial charge is 0.246 e. The summed E-state index contributed by atoms with van der Waals surface area (Å²) >= 11 is 0. The van der Waals surface area contributed by atoms with Gasteiger partial charge in [-0.05, 0) is 30.5 Å². The van der Waals surface area contributed by atoms with Gasteiger partial charge in [-0.2, -0.15) is 0 Å². The third kappa shape index (κ3) is 4.38. The van der Waals surface area contributed by atoms with Crippen LogP contribution in [-0.2, 0) is 16.0 Å². The molecule has 158 valence electrons. The summed E-state index contributed by atoms with van der Waals surface area (Å²) in [7, 11) is 0. The number of hydrogen-bond donors (Lipinski definition) is 0. The fourth-order valence-corrected chi connectivity index (χ4v) is 4.43. The largest absolute Gasteiger partial charge is 0.325 e. The second-order valence-corrected chi connectivity index (χ2v) is 8.15. The van der Waals surface area contributed by atoms with Crippen LogP contribution in [0.4, 0.5) is 0 Å². The van der Waals surface area contributed by atoms with Crippen molar-refractivity contribution < 1.29 is 9.59 Å². The first-order valence-corrected chi connectivity index (χ1v) is 10.8. The van der Waals surface area contributed by atoms with Crippen molar-refractivity contribution in [1.29, 1.82) is 0 Å². The lowest BCUT2D eigenvalue weighted by molar-refractivity contribution is -0.160. The molecular weight excluding hydrogens is 384 g/mol. The van der Waals surface area contributed by atoms with Crippen LogP contribution in [0.1, 0.15) is 42.6 Å². The van der Waals surface area contributed by atoms with Crippen molar-refractivity contribution in [3.8, 4) is 0 Å². The quantitative estimate of drug-likeness (QED) is 0.584. The minimum absolute atomic E-state index is 0.00240. The van der Waals surface area contributed by atoms with Crippen molar-refractivity contribution in [3.05, 3.63) is 108 Å². The van der Waals surface area contributed by atoms with Gasteiger partial charge in [-0.1, -0.05) is 91.0 Å². The SMILES string of the molecule is C[C@@H](c1ccccc1)N1CC(=O)N([C@@H](C)c2ccccc2)[C@H](Cc2ccccc2)C1=O. The van der Waals surface area contributed by atoms with Crippen molar-refractivity contribution in [3.63, 3.8) is 0 Å². The molecule has 3 atom stereocenters. The molecule has 4 nitrogen and oxygen atoms in total. The number of carbonyl (C=O) groups excluding carboxylic acids is 2. The van der Waals surface area contributed by atoms with Crippen LogP contribution >= 0.6 is 0 Å². The maximum absolute atomic E-state index is 13.8. The number of amides is 2. The maximum atomic E-state index is 13.8. The molecule has 0 aromatic heterocycles. The summed E-state index contributed by atoms with van der Waals surface area (Å²) in [6.07, 6.45) is 0.501. The molecule has 0 aliphatic carbocycles. The predicted octanol–water partition coefficient (Wildman–Crippen LogP) is 4.79. The van der Waals surface area contributed by atoms with Crippen LogP contribution in [0.15, 0.2) is 91.0 Å². The molecule has 4 rings (SSSR count). The summed E-state index contributed by atoms with van der Waals surface area (Å²) in [5.41, 5.74) is 3.12. The average molecular weight is 413 g/mol. The molecule has 0 unspecified atom stereocenters. The van der Waals surface area contributed by atoms with Gasteiger partial charge in [0.25, 0.3) is 0 Å². The molecule has 0 N–H and O–H groups in total. The van der Waals surface area contributed by atoms with Crippen LogP contribution in [0.25, 0.3) is 0 Å². The third-order valence-corrected chi connectivity index (χ3v) is 6.22. The lowest BCUT2D eigenvalue weighted by atomic mass is 9.95. The van der Waals surface area contributed by atoms with Gasteiger partial charge in [0.2, 0.25) is 11.8 Å². The Balaban J connectivity index is 1.68. The fourth-order valence-electron chi connectivity index (χ4n) is 4.43. The first-order chi connectivity index (χ1) is 15.1. The number of benzene rings is 3. The highest BCUT2D eigenvalue weighted by Gasteiger charge is 2.43. The Morgan fingerprint density at radius 2 is 1.23 bits per heavy atom. The molecule has 2 amide bonds. The van der Waals surface area contributed by atoms with Crippen LogP contribution in [0.3, 0.4) is 0 Å². The van der Waals surface area contributed by atoms with E-state index in [2.05, 4.69) is 0 Å². The van der Waals surface area contributed by atoms with Gasteiger partial charge in [-0.3, -0.25) is 9.59 Å². The highest BCUT2D eigenvalue weighted by atomic mass is 16.2. The van der Waals surface area contributed by atoms with Crippen molar-refractivity contribution in [2.45, 2.75) is 38.4 Å². The Hall–Kier alpha value is -3.40. The van der Waals surface area contributed by atoms with Crippen LogP contribution in [0.5, 0.6) is 0 Å². The Bertz CT molecular complexity index is 1020. The van der Waals surface area contributed by atoms with Crippen LogP contribution in [-0.4, -0.2) is 34.2 Å². The van der Waals surface area contributed by atoms with Gasteiger partial charge in [0, 0.05) is 6.42 Å². The highest BCUT2D eigenvalue weighted by Crippen LogP contribution is 2.32. The van der Waals surface area contributed by atoms with E-state index in [-0.39, 0.29) is 30.4 Å². The summed E-state index contributed by atoms with van der Waals surface area (Å²) in [6, 6.07) is 28.9. The highest BCUT2D eigenvalue weighted by molar-refractivity contribution is 5.95. The van der Waals surface area contributed by atoms with Crippen LogP contribution < -0.4 is 0 Å². The van der Waals surface area contributed by atoms with Crippen LogP contribution in [0, 0.1) is 0 Å². The predicted molar refractivity (Wildman–Crippen MR) is 122 cm³/mol. The van der Waals surface area contributed by atoms with E-state index in [1.54, 1.807) is 9.80 Å². The van der Waals surface area contributed by atoms with Crippen LogP contribution in [0.2, 0.25) is 0 Å². The molecule has 31 heavy (non-hydrogen) atoms. The number of nitrogens with zero attached hydrogens (tertiary/aromatic N) is 2. The fraction of sp³-hybridized carbons (Fsp3) is 0.259. The van der Waals surface area contributed by atoms with E-state index in [4.69, 9.17) is 0 Å². The standard InChI is InChI=1S/C27H28N2O2/c1-20(23-14-8-4-9-15-23)28-19-26(30)29(21(2)24-16-10-5-11-17-24)25(27(28)31)18-22-12-6-3-7-13-22/h3-17,20-21,25H,18-19H2,1-2H3/t20-,21-,25+/m0/s1. The maximum Gasteiger partial charge on any atom is 0.246 e. The zero-order valence-corrected chi connectivity index (χ0v) is 18.0. The van der Waals surface area contributed by atoms with Gasteiger partial charge in [-0.25, -0.2) is 0 Å². The van der Waals surface area contributed by atoms with Crippen molar-refractivity contribution in [2.24, 2.45) is 0 Å². The Morgan fingerprint density at radius 3 is 1.77 bits per heavy atom. The second-order valence-electron chi connectivity index (χ2n) is 8.15. The zero-order chi connectivity index (χ0) is 21.8. The normalized spacial score (nSPS) is 18.7. The van der Waals surface area contributed by atoms with Gasteiger partial charge >= 0.3 is 0 Å².